The number of nitrogens with zero attached hydrogens (tertiary/aromatic N) is 3. The SMILES string of the molecule is COC1CC(N2CCN(C)CC2)CCN1Nc1ccccc1. The average molecular weight is 304 g/mol. The van der Waals surface area contributed by atoms with Crippen molar-refractivity contribution >= 4 is 5.69 Å². The third kappa shape index (κ3) is 3.79. The quantitative estimate of drug-likeness (QED) is 0.915. The molecular weight excluding hydrogens is 276 g/mol. The normalized spacial score (nSPS) is 28.6. The number of hydrazine groups is 1. The molecule has 1 aromatic rings. The van der Waals surface area contributed by atoms with Gasteiger partial charge in [0.2, 0.25) is 0 Å². The van der Waals surface area contributed by atoms with Crippen LogP contribution in [-0.2, 0) is 4.74 Å². The van der Waals surface area contributed by atoms with Crippen molar-refractivity contribution in [3.8, 4) is 0 Å². The van der Waals surface area contributed by atoms with Gasteiger partial charge >= 0.3 is 0 Å². The van der Waals surface area contributed by atoms with Crippen LogP contribution in [0, 0.1) is 0 Å². The molecule has 122 valence electrons. The highest BCUT2D eigenvalue weighted by Crippen LogP contribution is 2.24. The molecule has 2 heterocycles. The van der Waals surface area contributed by atoms with Crippen LogP contribution in [0.25, 0.3) is 0 Å². The van der Waals surface area contributed by atoms with Crippen molar-refractivity contribution in [1.29, 1.82) is 0 Å². The predicted octanol–water partition coefficient (Wildman–Crippen LogP) is 1.70. The van der Waals surface area contributed by atoms with E-state index in [0.29, 0.717) is 6.04 Å². The molecule has 0 bridgehead atoms. The number of piperidine rings is 1. The summed E-state index contributed by atoms with van der Waals surface area (Å²) in [6.45, 7) is 5.75. The smallest absolute Gasteiger partial charge is 0.128 e. The summed E-state index contributed by atoms with van der Waals surface area (Å²) in [6.07, 6.45) is 2.40. The summed E-state index contributed by atoms with van der Waals surface area (Å²) in [5, 5.41) is 2.24. The van der Waals surface area contributed by atoms with Crippen LogP contribution in [0.2, 0.25) is 0 Å². The Morgan fingerprint density at radius 3 is 2.45 bits per heavy atom. The number of hydrogen-bond donors (Lipinski definition) is 1. The lowest BCUT2D eigenvalue weighted by atomic mass is 10.0. The molecule has 2 aliphatic heterocycles. The van der Waals surface area contributed by atoms with Crippen LogP contribution in [0.3, 0.4) is 0 Å². The Hall–Kier alpha value is -1.14. The summed E-state index contributed by atoms with van der Waals surface area (Å²) in [5.41, 5.74) is 4.62. The van der Waals surface area contributed by atoms with Crippen LogP contribution in [-0.4, -0.2) is 74.0 Å². The van der Waals surface area contributed by atoms with Crippen LogP contribution in [0.15, 0.2) is 30.3 Å². The Balaban J connectivity index is 1.56. The summed E-state index contributed by atoms with van der Waals surface area (Å²) in [5.74, 6) is 0. The Morgan fingerprint density at radius 2 is 1.77 bits per heavy atom. The van der Waals surface area contributed by atoms with E-state index in [9.17, 15) is 0 Å². The molecule has 0 saturated carbocycles. The van der Waals surface area contributed by atoms with Crippen LogP contribution in [0.1, 0.15) is 12.8 Å². The molecule has 3 rings (SSSR count). The number of hydrogen-bond acceptors (Lipinski definition) is 5. The molecule has 2 aliphatic rings. The molecule has 0 radical (unpaired) electrons. The molecule has 5 nitrogen and oxygen atoms in total. The fourth-order valence-corrected chi connectivity index (χ4v) is 3.46. The minimum Gasteiger partial charge on any atom is -0.365 e. The van der Waals surface area contributed by atoms with Crippen LogP contribution in [0.5, 0.6) is 0 Å². The highest BCUT2D eigenvalue weighted by molar-refractivity contribution is 5.41. The van der Waals surface area contributed by atoms with Gasteiger partial charge in [0.15, 0.2) is 0 Å². The van der Waals surface area contributed by atoms with E-state index in [-0.39, 0.29) is 6.23 Å². The van der Waals surface area contributed by atoms with Crippen molar-refractivity contribution in [3.05, 3.63) is 30.3 Å². The first-order valence-electron chi connectivity index (χ1n) is 8.30. The van der Waals surface area contributed by atoms with Crippen molar-refractivity contribution in [2.75, 3.05) is 52.3 Å². The molecular formula is C17H28N4O. The van der Waals surface area contributed by atoms with E-state index in [1.54, 1.807) is 0 Å². The lowest BCUT2D eigenvalue weighted by molar-refractivity contribution is -0.0714. The maximum absolute atomic E-state index is 5.74. The molecule has 2 atom stereocenters. The first kappa shape index (κ1) is 15.7. The Labute approximate surface area is 133 Å². The Bertz CT molecular complexity index is 447. The van der Waals surface area contributed by atoms with Crippen molar-refractivity contribution in [2.45, 2.75) is 25.1 Å². The van der Waals surface area contributed by atoms with Gasteiger partial charge in [0.25, 0.3) is 0 Å². The first-order valence-corrected chi connectivity index (χ1v) is 8.30. The third-order valence-electron chi connectivity index (χ3n) is 4.90. The summed E-state index contributed by atoms with van der Waals surface area (Å²) < 4.78 is 5.74. The first-order chi connectivity index (χ1) is 10.8. The van der Waals surface area contributed by atoms with E-state index >= 15 is 0 Å². The van der Waals surface area contributed by atoms with E-state index in [1.165, 1.54) is 32.6 Å². The fourth-order valence-electron chi connectivity index (χ4n) is 3.46. The van der Waals surface area contributed by atoms with Gasteiger partial charge in [-0.05, 0) is 25.6 Å². The maximum atomic E-state index is 5.74. The van der Waals surface area contributed by atoms with Gasteiger partial charge in [-0.25, -0.2) is 0 Å². The van der Waals surface area contributed by atoms with Crippen molar-refractivity contribution < 1.29 is 4.74 Å². The lowest BCUT2D eigenvalue weighted by Crippen LogP contribution is -2.56. The molecule has 0 aliphatic carbocycles. The molecule has 0 aromatic heterocycles. The Kier molecular flexibility index (Phi) is 5.31. The van der Waals surface area contributed by atoms with Crippen molar-refractivity contribution in [1.82, 2.24) is 14.8 Å². The number of ether oxygens (including phenoxy) is 1. The van der Waals surface area contributed by atoms with E-state index in [2.05, 4.69) is 51.5 Å². The molecule has 2 saturated heterocycles. The second-order valence-corrected chi connectivity index (χ2v) is 6.38. The van der Waals surface area contributed by atoms with Gasteiger partial charge in [0.05, 0.1) is 0 Å². The molecule has 5 heteroatoms. The minimum atomic E-state index is 0.138. The van der Waals surface area contributed by atoms with E-state index in [4.69, 9.17) is 4.74 Å². The number of methoxy groups -OCH3 is 1. The molecule has 1 N–H and O–H groups in total. The summed E-state index contributed by atoms with van der Waals surface area (Å²) >= 11 is 0. The number of benzene rings is 1. The van der Waals surface area contributed by atoms with Gasteiger partial charge in [-0.1, -0.05) is 18.2 Å². The van der Waals surface area contributed by atoms with Gasteiger partial charge in [-0.15, -0.1) is 0 Å². The molecule has 2 unspecified atom stereocenters. The van der Waals surface area contributed by atoms with Crippen LogP contribution >= 0.6 is 0 Å². The molecule has 22 heavy (non-hydrogen) atoms. The van der Waals surface area contributed by atoms with E-state index in [1.807, 2.05) is 13.2 Å². The average Bonchev–Trinajstić information content (AvgIpc) is 2.57. The van der Waals surface area contributed by atoms with Gasteiger partial charge in [-0.2, -0.15) is 5.01 Å². The molecule has 0 spiro atoms. The number of rotatable bonds is 4. The second-order valence-electron chi connectivity index (χ2n) is 6.38. The molecule has 1 aromatic carbocycles. The molecule has 2 fully saturated rings. The maximum Gasteiger partial charge on any atom is 0.128 e. The lowest BCUT2D eigenvalue weighted by Gasteiger charge is -2.45. The number of para-hydroxylation sites is 1. The zero-order chi connectivity index (χ0) is 15.4. The highest BCUT2D eigenvalue weighted by atomic mass is 16.5. The Morgan fingerprint density at radius 1 is 1.05 bits per heavy atom. The summed E-state index contributed by atoms with van der Waals surface area (Å²) in [6, 6.07) is 11.0. The van der Waals surface area contributed by atoms with E-state index in [0.717, 1.165) is 18.7 Å². The van der Waals surface area contributed by atoms with E-state index < -0.39 is 0 Å². The summed E-state index contributed by atoms with van der Waals surface area (Å²) in [7, 11) is 4.03. The largest absolute Gasteiger partial charge is 0.365 e. The molecule has 0 amide bonds. The van der Waals surface area contributed by atoms with Gasteiger partial charge < -0.3 is 15.1 Å². The van der Waals surface area contributed by atoms with Gasteiger partial charge in [-0.3, -0.25) is 4.90 Å². The fraction of sp³-hybridized carbons (Fsp3) is 0.647. The summed E-state index contributed by atoms with van der Waals surface area (Å²) in [4.78, 5) is 5.06. The topological polar surface area (TPSA) is 31.0 Å². The highest BCUT2D eigenvalue weighted by Gasteiger charge is 2.32. The monoisotopic (exact) mass is 304 g/mol. The zero-order valence-electron chi connectivity index (χ0n) is 13.7. The van der Waals surface area contributed by atoms with Crippen LogP contribution in [0.4, 0.5) is 5.69 Å². The zero-order valence-corrected chi connectivity index (χ0v) is 13.7. The standard InChI is InChI=1S/C17H28N4O/c1-19-10-12-20(13-11-19)16-8-9-21(17(14-16)22-2)18-15-6-4-3-5-7-15/h3-7,16-18H,8-14H2,1-2H3. The van der Waals surface area contributed by atoms with Gasteiger partial charge in [0.1, 0.15) is 6.23 Å². The third-order valence-corrected chi connectivity index (χ3v) is 4.90. The number of nitrogens with one attached hydrogen (secondary N) is 1. The second kappa shape index (κ2) is 7.42. The van der Waals surface area contributed by atoms with Gasteiger partial charge in [0, 0.05) is 58.0 Å². The minimum absolute atomic E-state index is 0.138. The number of piperazine rings is 1. The van der Waals surface area contributed by atoms with Crippen molar-refractivity contribution in [3.63, 3.8) is 0 Å². The number of likely N-dealkylation sites (N-methyl/N-ethyl adjacent to an activating group) is 1. The number of anilines is 1. The van der Waals surface area contributed by atoms with Crippen molar-refractivity contribution in [2.24, 2.45) is 0 Å². The van der Waals surface area contributed by atoms with Crippen LogP contribution < -0.4 is 5.43 Å². The predicted molar refractivity (Wildman–Crippen MR) is 89.7 cm³/mol.